The zero-order chi connectivity index (χ0) is 18.2. The molecule has 0 spiro atoms. The number of benzene rings is 1. The van der Waals surface area contributed by atoms with E-state index in [9.17, 15) is 9.59 Å². The van der Waals surface area contributed by atoms with Crippen molar-refractivity contribution in [3.63, 3.8) is 0 Å². The summed E-state index contributed by atoms with van der Waals surface area (Å²) >= 11 is 0. The number of carbonyl (C=O) groups excluding carboxylic acids is 2. The summed E-state index contributed by atoms with van der Waals surface area (Å²) < 4.78 is 10.3. The highest BCUT2D eigenvalue weighted by atomic mass is 16.6. The van der Waals surface area contributed by atoms with Gasteiger partial charge >= 0.3 is 12.1 Å². The second-order valence-electron chi connectivity index (χ2n) is 6.17. The summed E-state index contributed by atoms with van der Waals surface area (Å²) in [5.41, 5.74) is 6.90. The molecule has 24 heavy (non-hydrogen) atoms. The zero-order valence-corrected chi connectivity index (χ0v) is 14.3. The van der Waals surface area contributed by atoms with Gasteiger partial charge in [0.05, 0.1) is 0 Å². The predicted octanol–water partition coefficient (Wildman–Crippen LogP) is 2.56. The molecular weight excluding hydrogens is 312 g/mol. The molecule has 0 radical (unpaired) electrons. The van der Waals surface area contributed by atoms with Gasteiger partial charge in [0.15, 0.2) is 12.1 Å². The highest BCUT2D eigenvalue weighted by Gasteiger charge is 2.33. The molecule has 0 aliphatic rings. The van der Waals surface area contributed by atoms with Crippen LogP contribution in [0.4, 0.5) is 4.79 Å². The Bertz CT molecular complexity index is 606. The molecule has 1 aromatic carbocycles. The fourth-order valence-corrected chi connectivity index (χ4v) is 1.79. The maximum absolute atomic E-state index is 12.3. The molecule has 1 amide bonds. The van der Waals surface area contributed by atoms with E-state index in [1.807, 2.05) is 30.3 Å². The minimum Gasteiger partial charge on any atom is -0.459 e. The number of amides is 1. The molecule has 0 aliphatic heterocycles. The van der Waals surface area contributed by atoms with Crippen LogP contribution in [0.15, 0.2) is 35.4 Å². The third-order valence-corrected chi connectivity index (χ3v) is 2.87. The van der Waals surface area contributed by atoms with Gasteiger partial charge in [-0.25, -0.2) is 9.59 Å². The van der Waals surface area contributed by atoms with Crippen molar-refractivity contribution in [1.82, 2.24) is 10.2 Å². The third kappa shape index (κ3) is 7.02. The van der Waals surface area contributed by atoms with Gasteiger partial charge in [0, 0.05) is 0 Å². The molecule has 130 valence electrons. The molecule has 0 heterocycles. The van der Waals surface area contributed by atoms with Gasteiger partial charge in [0.25, 0.3) is 0 Å². The van der Waals surface area contributed by atoms with Crippen LogP contribution in [0, 0.1) is 5.53 Å². The summed E-state index contributed by atoms with van der Waals surface area (Å²) in [6.45, 7) is 6.74. The van der Waals surface area contributed by atoms with Gasteiger partial charge < -0.3 is 14.8 Å². The van der Waals surface area contributed by atoms with Crippen LogP contribution in [-0.2, 0) is 20.9 Å². The smallest absolute Gasteiger partial charge is 0.408 e. The number of rotatable bonds is 6. The van der Waals surface area contributed by atoms with Crippen molar-refractivity contribution in [2.45, 2.75) is 52.0 Å². The number of carbonyl (C=O) groups is 2. The first-order valence-electron chi connectivity index (χ1n) is 7.49. The van der Waals surface area contributed by atoms with E-state index in [1.54, 1.807) is 27.7 Å². The van der Waals surface area contributed by atoms with Crippen LogP contribution >= 0.6 is 0 Å². The highest BCUT2D eigenvalue weighted by molar-refractivity contribution is 5.82. The van der Waals surface area contributed by atoms with Gasteiger partial charge in [0.1, 0.15) is 22.9 Å². The number of ether oxygens (including phenoxy) is 2. The van der Waals surface area contributed by atoms with Gasteiger partial charge in [-0.05, 0) is 33.3 Å². The lowest BCUT2D eigenvalue weighted by Crippen LogP contribution is -2.49. The van der Waals surface area contributed by atoms with Crippen molar-refractivity contribution in [2.75, 3.05) is 0 Å². The third-order valence-electron chi connectivity index (χ3n) is 2.87. The van der Waals surface area contributed by atoms with Crippen molar-refractivity contribution >= 4 is 12.1 Å². The maximum atomic E-state index is 12.3. The van der Waals surface area contributed by atoms with Crippen LogP contribution in [0.25, 0.3) is 0 Å². The summed E-state index contributed by atoms with van der Waals surface area (Å²) in [5, 5.41) is 5.99. The fourth-order valence-electron chi connectivity index (χ4n) is 1.79. The van der Waals surface area contributed by atoms with Crippen molar-refractivity contribution in [1.29, 1.82) is 5.53 Å². The Morgan fingerprint density at radius 1 is 1.29 bits per heavy atom. The van der Waals surface area contributed by atoms with E-state index in [2.05, 4.69) is 15.3 Å². The minimum absolute atomic E-state index is 0.0664. The molecule has 1 rings (SSSR count). The highest BCUT2D eigenvalue weighted by Crippen LogP contribution is 2.09. The van der Waals surface area contributed by atoms with Gasteiger partial charge in [0.2, 0.25) is 4.91 Å². The minimum atomic E-state index is -1.10. The largest absolute Gasteiger partial charge is 0.459 e. The van der Waals surface area contributed by atoms with Gasteiger partial charge in [-0.15, -0.1) is 0 Å². The molecule has 0 bridgehead atoms. The second kappa shape index (κ2) is 8.79. The number of alkyl carbamates (subject to hydrolysis) is 1. The van der Waals surface area contributed by atoms with Crippen molar-refractivity contribution in [3.8, 4) is 0 Å². The second-order valence-corrected chi connectivity index (χ2v) is 6.17. The lowest BCUT2D eigenvalue weighted by molar-refractivity contribution is -0.148. The van der Waals surface area contributed by atoms with Crippen LogP contribution in [-0.4, -0.2) is 29.7 Å². The Hall–Kier alpha value is -2.73. The van der Waals surface area contributed by atoms with Crippen molar-refractivity contribution in [2.24, 2.45) is 5.11 Å². The van der Waals surface area contributed by atoms with E-state index < -0.39 is 29.7 Å². The zero-order valence-electron chi connectivity index (χ0n) is 14.3. The number of nitrogens with zero attached hydrogens (tertiary/aromatic N) is 2. The van der Waals surface area contributed by atoms with E-state index >= 15 is 0 Å². The molecule has 8 heteroatoms. The van der Waals surface area contributed by atoms with Crippen LogP contribution in [0.3, 0.4) is 0 Å². The van der Waals surface area contributed by atoms with Crippen molar-refractivity contribution in [3.05, 3.63) is 35.9 Å². The first kappa shape index (κ1) is 19.3. The monoisotopic (exact) mass is 335 g/mol. The molecule has 0 aromatic heterocycles. The lowest BCUT2D eigenvalue weighted by atomic mass is 10.1. The van der Waals surface area contributed by atoms with Gasteiger partial charge in [-0.1, -0.05) is 30.3 Å². The molecule has 1 aromatic rings. The lowest BCUT2D eigenvalue weighted by Gasteiger charge is -2.23. The maximum Gasteiger partial charge on any atom is 0.408 e. The molecule has 0 saturated carbocycles. The van der Waals surface area contributed by atoms with Gasteiger partial charge in [-0.3, -0.25) is 0 Å². The quantitative estimate of drug-likeness (QED) is 0.472. The molecule has 0 fully saturated rings. The van der Waals surface area contributed by atoms with E-state index in [0.29, 0.717) is 0 Å². The molecule has 0 aliphatic carbocycles. The van der Waals surface area contributed by atoms with E-state index in [-0.39, 0.29) is 6.61 Å². The number of hydrogen-bond acceptors (Lipinski definition) is 6. The van der Waals surface area contributed by atoms with Crippen LogP contribution in [0.5, 0.6) is 0 Å². The number of hydrogen-bond donors (Lipinski definition) is 2. The predicted molar refractivity (Wildman–Crippen MR) is 86.1 cm³/mol. The summed E-state index contributed by atoms with van der Waals surface area (Å²) in [5.74, 6) is -0.676. The Balaban J connectivity index is 2.75. The molecule has 2 unspecified atom stereocenters. The first-order valence-corrected chi connectivity index (χ1v) is 7.49. The average Bonchev–Trinajstić information content (AvgIpc) is 2.50. The Labute approximate surface area is 140 Å². The number of nitrogens with one attached hydrogen (secondary N) is 2. The molecule has 0 saturated heterocycles. The Kier molecular flexibility index (Phi) is 7.07. The Morgan fingerprint density at radius 3 is 2.46 bits per heavy atom. The molecule has 2 atom stereocenters. The van der Waals surface area contributed by atoms with E-state index in [0.717, 1.165) is 5.56 Å². The van der Waals surface area contributed by atoms with Crippen LogP contribution < -0.4 is 10.2 Å². The SMILES string of the molecule is CC(N=[N+]=N)C(NC(=O)OC(C)(C)C)C(=O)OCc1ccccc1. The summed E-state index contributed by atoms with van der Waals surface area (Å²) in [6, 6.07) is 7.28. The topological polar surface area (TPSA) is 115 Å². The average molecular weight is 335 g/mol. The summed E-state index contributed by atoms with van der Waals surface area (Å²) in [7, 11) is 0. The van der Waals surface area contributed by atoms with E-state index in [4.69, 9.17) is 15.0 Å². The number of esters is 1. The fraction of sp³-hybridized carbons (Fsp3) is 0.500. The van der Waals surface area contributed by atoms with Crippen molar-refractivity contribution < 1.29 is 19.1 Å². The standard InChI is InChI=1S/C16H22N4O4/c1-11(19-20-17)13(18-15(22)24-16(2,3)4)14(21)23-10-12-8-6-5-7-9-12/h5-9,11,13,17H,10H2,1-4H3/p+1. The molecule has 2 N–H and O–H groups in total. The van der Waals surface area contributed by atoms with Crippen LogP contribution in [0.2, 0.25) is 0 Å². The molecule has 8 nitrogen and oxygen atoms in total. The Morgan fingerprint density at radius 2 is 1.92 bits per heavy atom. The normalized spacial score (nSPS) is 13.2. The summed E-state index contributed by atoms with van der Waals surface area (Å²) in [4.78, 5) is 27.1. The van der Waals surface area contributed by atoms with E-state index in [1.165, 1.54) is 0 Å². The summed E-state index contributed by atoms with van der Waals surface area (Å²) in [6.07, 6.45) is -0.767. The molecular formula is C16H23N4O4+. The first-order chi connectivity index (χ1) is 11.2. The van der Waals surface area contributed by atoms with Crippen LogP contribution in [0.1, 0.15) is 33.3 Å². The van der Waals surface area contributed by atoms with Gasteiger partial charge in [-0.2, -0.15) is 0 Å².